The molecule has 8 heteroatoms. The Morgan fingerprint density at radius 1 is 1.00 bits per heavy atom. The zero-order valence-corrected chi connectivity index (χ0v) is 20.8. The summed E-state index contributed by atoms with van der Waals surface area (Å²) in [6, 6.07) is 19.8. The van der Waals surface area contributed by atoms with Gasteiger partial charge in [0.05, 0.1) is 18.0 Å². The van der Waals surface area contributed by atoms with Crippen molar-refractivity contribution in [1.29, 1.82) is 0 Å². The number of carbonyl (C=O) groups is 2. The third-order valence-electron chi connectivity index (χ3n) is 5.60. The highest BCUT2D eigenvalue weighted by Gasteiger charge is 2.35. The third kappa shape index (κ3) is 4.43. The monoisotopic (exact) mass is 554 g/mol. The van der Waals surface area contributed by atoms with Gasteiger partial charge in [-0.15, -0.1) is 0 Å². The van der Waals surface area contributed by atoms with E-state index in [2.05, 4.69) is 15.9 Å². The number of nitrogens with zero attached hydrogens (tertiary/aromatic N) is 2. The van der Waals surface area contributed by atoms with Gasteiger partial charge >= 0.3 is 0 Å². The first-order valence-corrected chi connectivity index (χ1v) is 12.4. The second kappa shape index (κ2) is 9.41. The van der Waals surface area contributed by atoms with Crippen molar-refractivity contribution in [1.82, 2.24) is 9.47 Å². The molecular formula is C26H17BrClFN2O2S. The molecule has 2 amide bonds. The van der Waals surface area contributed by atoms with Crippen LogP contribution in [0.3, 0.4) is 0 Å². The van der Waals surface area contributed by atoms with Crippen LogP contribution in [0.15, 0.2) is 82.3 Å². The van der Waals surface area contributed by atoms with Crippen molar-refractivity contribution >= 4 is 67.4 Å². The summed E-state index contributed by atoms with van der Waals surface area (Å²) in [6.07, 6.45) is 3.59. The summed E-state index contributed by atoms with van der Waals surface area (Å²) in [5.74, 6) is -0.704. The molecule has 0 N–H and O–H groups in total. The fourth-order valence-corrected chi connectivity index (χ4v) is 5.47. The van der Waals surface area contributed by atoms with Gasteiger partial charge in [0.2, 0.25) is 0 Å². The highest BCUT2D eigenvalue weighted by Crippen LogP contribution is 2.35. The van der Waals surface area contributed by atoms with Gasteiger partial charge in [-0.05, 0) is 53.7 Å². The van der Waals surface area contributed by atoms with Gasteiger partial charge in [0, 0.05) is 37.7 Å². The molecule has 4 aromatic rings. The lowest BCUT2D eigenvalue weighted by molar-refractivity contribution is -0.123. The maximum atomic E-state index is 14.4. The van der Waals surface area contributed by atoms with E-state index in [9.17, 15) is 14.0 Å². The molecule has 1 aromatic heterocycles. The molecule has 0 bridgehead atoms. The van der Waals surface area contributed by atoms with E-state index >= 15 is 0 Å². The van der Waals surface area contributed by atoms with Gasteiger partial charge in [0.15, 0.2) is 0 Å². The van der Waals surface area contributed by atoms with Crippen molar-refractivity contribution in [2.75, 3.05) is 0 Å². The summed E-state index contributed by atoms with van der Waals surface area (Å²) >= 11 is 10.6. The number of aromatic nitrogens is 1. The molecule has 170 valence electrons. The van der Waals surface area contributed by atoms with Crippen LogP contribution in [0, 0.1) is 5.82 Å². The normalized spacial score (nSPS) is 15.1. The Morgan fingerprint density at radius 2 is 1.79 bits per heavy atom. The predicted octanol–water partition coefficient (Wildman–Crippen LogP) is 7.48. The molecule has 34 heavy (non-hydrogen) atoms. The molecule has 0 unspecified atom stereocenters. The highest BCUT2D eigenvalue weighted by atomic mass is 79.9. The Labute approximate surface area is 213 Å². The van der Waals surface area contributed by atoms with Gasteiger partial charge in [0.25, 0.3) is 11.1 Å². The summed E-state index contributed by atoms with van der Waals surface area (Å²) in [5, 5.41) is 0.944. The molecule has 2 heterocycles. The summed E-state index contributed by atoms with van der Waals surface area (Å²) in [6.45, 7) is 0.444. The quantitative estimate of drug-likeness (QED) is 0.240. The molecule has 0 atom stereocenters. The number of halogens is 3. The Hall–Kier alpha value is -2.87. The molecule has 0 spiro atoms. The minimum Gasteiger partial charge on any atom is -0.342 e. The first kappa shape index (κ1) is 22.9. The Kier molecular flexibility index (Phi) is 6.34. The Bertz CT molecular complexity index is 1460. The van der Waals surface area contributed by atoms with Crippen molar-refractivity contribution in [3.05, 3.63) is 110 Å². The van der Waals surface area contributed by atoms with Gasteiger partial charge in [0.1, 0.15) is 5.82 Å². The van der Waals surface area contributed by atoms with Gasteiger partial charge in [-0.1, -0.05) is 63.9 Å². The minimum absolute atomic E-state index is 0.203. The Morgan fingerprint density at radius 3 is 2.59 bits per heavy atom. The number of thioether (sulfide) groups is 1. The number of benzene rings is 3. The lowest BCUT2D eigenvalue weighted by atomic mass is 10.1. The molecule has 0 aliphatic carbocycles. The summed E-state index contributed by atoms with van der Waals surface area (Å²) < 4.78 is 17.2. The topological polar surface area (TPSA) is 42.3 Å². The van der Waals surface area contributed by atoms with E-state index in [4.69, 9.17) is 11.6 Å². The maximum absolute atomic E-state index is 14.4. The molecule has 5 rings (SSSR count). The number of rotatable bonds is 5. The standard InChI is InChI=1S/C26H17BrClFN2O2S/c27-18-6-3-5-16(11-18)13-31-25(32)24(34-26(31)33)12-17-14-30(23-10-2-1-7-19(17)23)15-20-21(28)8-4-9-22(20)29/h1-12,14H,13,15H2/b24-12+. The molecule has 1 fully saturated rings. The Balaban J connectivity index is 1.48. The second-order valence-corrected chi connectivity index (χ2v) is 10.1. The number of imide groups is 1. The fraction of sp³-hybridized carbons (Fsp3) is 0.0769. The van der Waals surface area contributed by atoms with Crippen molar-refractivity contribution in [3.63, 3.8) is 0 Å². The zero-order valence-electron chi connectivity index (χ0n) is 17.7. The number of carbonyl (C=O) groups excluding carboxylic acids is 2. The van der Waals surface area contributed by atoms with E-state index < -0.39 is 0 Å². The van der Waals surface area contributed by atoms with Crippen molar-refractivity contribution < 1.29 is 14.0 Å². The number of fused-ring (bicyclic) bond motifs is 1. The molecule has 4 nitrogen and oxygen atoms in total. The van der Waals surface area contributed by atoms with Crippen LogP contribution in [0.2, 0.25) is 5.02 Å². The first-order chi connectivity index (χ1) is 16.4. The molecule has 1 aliphatic heterocycles. The van der Waals surface area contributed by atoms with Crippen LogP contribution in [-0.4, -0.2) is 20.6 Å². The van der Waals surface area contributed by atoms with Crippen LogP contribution in [-0.2, 0) is 17.9 Å². The van der Waals surface area contributed by atoms with Crippen LogP contribution in [0.5, 0.6) is 0 Å². The molecule has 0 radical (unpaired) electrons. The van der Waals surface area contributed by atoms with Crippen LogP contribution in [0.4, 0.5) is 9.18 Å². The van der Waals surface area contributed by atoms with Crippen molar-refractivity contribution in [2.24, 2.45) is 0 Å². The van der Waals surface area contributed by atoms with Gasteiger partial charge < -0.3 is 4.57 Å². The van der Waals surface area contributed by atoms with Crippen LogP contribution < -0.4 is 0 Å². The molecule has 0 saturated carbocycles. The van der Waals surface area contributed by atoms with Gasteiger partial charge in [-0.3, -0.25) is 14.5 Å². The molecular weight excluding hydrogens is 539 g/mol. The largest absolute Gasteiger partial charge is 0.342 e. The van der Waals surface area contributed by atoms with E-state index in [-0.39, 0.29) is 30.1 Å². The van der Waals surface area contributed by atoms with Crippen LogP contribution in [0.25, 0.3) is 17.0 Å². The predicted molar refractivity (Wildman–Crippen MR) is 138 cm³/mol. The number of para-hydroxylation sites is 1. The smallest absolute Gasteiger partial charge is 0.293 e. The SMILES string of the molecule is O=C1S/C(=C/c2cn(Cc3c(F)cccc3Cl)c3ccccc23)C(=O)N1Cc1cccc(Br)c1. The van der Waals surface area contributed by atoms with E-state index in [0.717, 1.165) is 38.3 Å². The van der Waals surface area contributed by atoms with E-state index in [1.165, 1.54) is 11.0 Å². The molecule has 3 aromatic carbocycles. The van der Waals surface area contributed by atoms with E-state index in [1.807, 2.05) is 59.3 Å². The number of hydrogen-bond acceptors (Lipinski definition) is 3. The summed E-state index contributed by atoms with van der Waals surface area (Å²) in [7, 11) is 0. The van der Waals surface area contributed by atoms with Gasteiger partial charge in [-0.2, -0.15) is 0 Å². The zero-order chi connectivity index (χ0) is 23.8. The molecule has 1 aliphatic rings. The van der Waals surface area contributed by atoms with Crippen molar-refractivity contribution in [2.45, 2.75) is 13.1 Å². The lowest BCUT2D eigenvalue weighted by Gasteiger charge is -2.12. The third-order valence-corrected chi connectivity index (χ3v) is 7.35. The minimum atomic E-state index is -0.375. The van der Waals surface area contributed by atoms with Crippen LogP contribution in [0.1, 0.15) is 16.7 Å². The maximum Gasteiger partial charge on any atom is 0.293 e. The highest BCUT2D eigenvalue weighted by molar-refractivity contribution is 9.10. The second-order valence-electron chi connectivity index (χ2n) is 7.83. The van der Waals surface area contributed by atoms with E-state index in [0.29, 0.717) is 15.5 Å². The lowest BCUT2D eigenvalue weighted by Crippen LogP contribution is -2.27. The average Bonchev–Trinajstić information content (AvgIpc) is 3.29. The average molecular weight is 556 g/mol. The number of amides is 2. The van der Waals surface area contributed by atoms with Crippen LogP contribution >= 0.6 is 39.3 Å². The van der Waals surface area contributed by atoms with Crippen molar-refractivity contribution in [3.8, 4) is 0 Å². The van der Waals surface area contributed by atoms with Gasteiger partial charge in [-0.25, -0.2) is 4.39 Å². The first-order valence-electron chi connectivity index (χ1n) is 10.4. The fourth-order valence-electron chi connectivity index (χ4n) is 3.97. The number of hydrogen-bond donors (Lipinski definition) is 0. The molecule has 1 saturated heterocycles. The van der Waals surface area contributed by atoms with E-state index in [1.54, 1.807) is 18.2 Å². The summed E-state index contributed by atoms with van der Waals surface area (Å²) in [5.41, 5.74) is 2.90. The summed E-state index contributed by atoms with van der Waals surface area (Å²) in [4.78, 5) is 27.3.